The van der Waals surface area contributed by atoms with Crippen molar-refractivity contribution in [1.29, 1.82) is 0 Å². The molecule has 0 aliphatic heterocycles. The predicted octanol–water partition coefficient (Wildman–Crippen LogP) is 3.22. The van der Waals surface area contributed by atoms with Crippen LogP contribution in [0.4, 0.5) is 0 Å². The van der Waals surface area contributed by atoms with E-state index in [9.17, 15) is 0 Å². The van der Waals surface area contributed by atoms with Crippen molar-refractivity contribution in [1.82, 2.24) is 15.3 Å². The van der Waals surface area contributed by atoms with E-state index >= 15 is 0 Å². The van der Waals surface area contributed by atoms with Crippen molar-refractivity contribution < 1.29 is 4.74 Å². The van der Waals surface area contributed by atoms with Crippen LogP contribution >= 0.6 is 11.8 Å². The summed E-state index contributed by atoms with van der Waals surface area (Å²) in [4.78, 5) is 7.87. The molecule has 4 nitrogen and oxygen atoms in total. The van der Waals surface area contributed by atoms with Crippen molar-refractivity contribution in [3.05, 3.63) is 30.4 Å². The third-order valence-corrected chi connectivity index (χ3v) is 3.80. The highest BCUT2D eigenvalue weighted by molar-refractivity contribution is 7.99. The summed E-state index contributed by atoms with van der Waals surface area (Å²) in [5.41, 5.74) is 3.15. The molecule has 1 heterocycles. The third-order valence-electron chi connectivity index (χ3n) is 2.78. The maximum absolute atomic E-state index is 5.49. The molecule has 5 heteroatoms. The summed E-state index contributed by atoms with van der Waals surface area (Å²) in [6.07, 6.45) is 0. The van der Waals surface area contributed by atoms with E-state index in [1.54, 1.807) is 11.8 Å². The van der Waals surface area contributed by atoms with Crippen LogP contribution in [0.1, 0.15) is 13.8 Å². The minimum absolute atomic E-state index is 0.672. The van der Waals surface area contributed by atoms with Gasteiger partial charge in [0.1, 0.15) is 5.75 Å². The number of rotatable bonds is 8. The van der Waals surface area contributed by atoms with E-state index in [0.717, 1.165) is 40.8 Å². The number of fused-ring (bicyclic) bond motifs is 1. The fraction of sp³-hybridized carbons (Fsp3) is 0.400. The van der Waals surface area contributed by atoms with Gasteiger partial charge in [0.2, 0.25) is 0 Å². The molecule has 0 saturated carbocycles. The first-order valence-corrected chi connectivity index (χ1v) is 7.84. The van der Waals surface area contributed by atoms with Crippen LogP contribution in [0.15, 0.2) is 35.5 Å². The molecule has 0 spiro atoms. The molecule has 1 aromatic heterocycles. The molecule has 0 fully saturated rings. The average molecular weight is 291 g/mol. The number of hydrogen-bond acceptors (Lipinski definition) is 4. The minimum Gasteiger partial charge on any atom is -0.494 e. The summed E-state index contributed by atoms with van der Waals surface area (Å²) in [5.74, 6) is 1.74. The van der Waals surface area contributed by atoms with Crippen molar-refractivity contribution >= 4 is 22.8 Å². The van der Waals surface area contributed by atoms with Crippen molar-refractivity contribution in [3.63, 3.8) is 0 Å². The van der Waals surface area contributed by atoms with Crippen molar-refractivity contribution in [2.45, 2.75) is 19.0 Å². The number of thioether (sulfide) groups is 1. The number of aromatic amines is 1. The second-order valence-corrected chi connectivity index (χ2v) is 5.44. The summed E-state index contributed by atoms with van der Waals surface area (Å²) < 4.78 is 5.49. The lowest BCUT2D eigenvalue weighted by Gasteiger charge is -2.03. The van der Waals surface area contributed by atoms with Crippen LogP contribution in [0.5, 0.6) is 5.75 Å². The molecule has 0 bridgehead atoms. The Morgan fingerprint density at radius 2 is 2.30 bits per heavy atom. The van der Waals surface area contributed by atoms with Gasteiger partial charge in [-0.3, -0.25) is 0 Å². The molecule has 108 valence electrons. The van der Waals surface area contributed by atoms with Gasteiger partial charge in [-0.05, 0) is 25.6 Å². The van der Waals surface area contributed by atoms with Gasteiger partial charge in [0.05, 0.1) is 17.6 Å². The Morgan fingerprint density at radius 3 is 3.05 bits per heavy atom. The van der Waals surface area contributed by atoms with Crippen LogP contribution in [0, 0.1) is 0 Å². The fourth-order valence-electron chi connectivity index (χ4n) is 1.81. The summed E-state index contributed by atoms with van der Waals surface area (Å²) in [5, 5.41) is 4.19. The van der Waals surface area contributed by atoms with Crippen LogP contribution in [0.2, 0.25) is 0 Å². The highest BCUT2D eigenvalue weighted by Crippen LogP contribution is 2.24. The molecular formula is C15H21N3OS. The van der Waals surface area contributed by atoms with E-state index in [1.165, 1.54) is 5.57 Å². The van der Waals surface area contributed by atoms with Crippen LogP contribution in [-0.2, 0) is 0 Å². The molecule has 0 radical (unpaired) electrons. The Morgan fingerprint density at radius 1 is 1.45 bits per heavy atom. The zero-order chi connectivity index (χ0) is 14.4. The first kappa shape index (κ1) is 14.9. The second-order valence-electron chi connectivity index (χ2n) is 4.47. The number of ether oxygens (including phenoxy) is 1. The van der Waals surface area contributed by atoms with Crippen LogP contribution in [-0.4, -0.2) is 35.4 Å². The standard InChI is InChI=1S/C15H21N3OS/c1-4-16-9-11(3)10-20-15-17-13-7-6-12(19-5-2)8-14(13)18-15/h6-8,16H,3-5,9-10H2,1-2H3,(H,17,18). The van der Waals surface area contributed by atoms with Crippen molar-refractivity contribution in [3.8, 4) is 5.75 Å². The largest absolute Gasteiger partial charge is 0.494 e. The van der Waals surface area contributed by atoms with Gasteiger partial charge in [-0.15, -0.1) is 0 Å². The average Bonchev–Trinajstić information content (AvgIpc) is 2.85. The van der Waals surface area contributed by atoms with Crippen LogP contribution in [0.25, 0.3) is 11.0 Å². The van der Waals surface area contributed by atoms with Crippen LogP contribution < -0.4 is 10.1 Å². The maximum Gasteiger partial charge on any atom is 0.166 e. The number of nitrogens with one attached hydrogen (secondary N) is 2. The first-order chi connectivity index (χ1) is 9.72. The maximum atomic E-state index is 5.49. The van der Waals surface area contributed by atoms with Gasteiger partial charge in [0, 0.05) is 18.4 Å². The van der Waals surface area contributed by atoms with Gasteiger partial charge >= 0.3 is 0 Å². The Bertz CT molecular complexity index is 580. The number of H-pyrrole nitrogens is 1. The normalized spacial score (nSPS) is 10.9. The molecule has 0 atom stereocenters. The summed E-state index contributed by atoms with van der Waals surface area (Å²) in [6, 6.07) is 5.92. The zero-order valence-electron chi connectivity index (χ0n) is 12.0. The van der Waals surface area contributed by atoms with Crippen molar-refractivity contribution in [2.24, 2.45) is 0 Å². The highest BCUT2D eigenvalue weighted by atomic mass is 32.2. The predicted molar refractivity (Wildman–Crippen MR) is 85.7 cm³/mol. The van der Waals surface area contributed by atoms with Gasteiger partial charge in [-0.1, -0.05) is 30.8 Å². The lowest BCUT2D eigenvalue weighted by Crippen LogP contribution is -2.16. The number of benzene rings is 1. The van der Waals surface area contributed by atoms with Gasteiger partial charge in [-0.2, -0.15) is 0 Å². The molecule has 2 N–H and O–H groups in total. The zero-order valence-corrected chi connectivity index (χ0v) is 12.8. The highest BCUT2D eigenvalue weighted by Gasteiger charge is 2.05. The Kier molecular flexibility index (Phi) is 5.49. The van der Waals surface area contributed by atoms with Crippen molar-refractivity contribution in [2.75, 3.05) is 25.4 Å². The lowest BCUT2D eigenvalue weighted by molar-refractivity contribution is 0.340. The summed E-state index contributed by atoms with van der Waals surface area (Å²) in [6.45, 7) is 10.6. The number of nitrogens with zero attached hydrogens (tertiary/aromatic N) is 1. The molecule has 20 heavy (non-hydrogen) atoms. The Hall–Kier alpha value is -1.46. The van der Waals surface area contributed by atoms with E-state index in [2.05, 4.69) is 28.8 Å². The van der Waals surface area contributed by atoms with E-state index in [4.69, 9.17) is 4.74 Å². The molecular weight excluding hydrogens is 270 g/mol. The molecule has 1 aromatic carbocycles. The lowest BCUT2D eigenvalue weighted by atomic mass is 10.3. The number of aromatic nitrogens is 2. The topological polar surface area (TPSA) is 49.9 Å². The van der Waals surface area contributed by atoms with E-state index in [-0.39, 0.29) is 0 Å². The fourth-order valence-corrected chi connectivity index (χ4v) is 2.60. The van der Waals surface area contributed by atoms with Gasteiger partial charge in [0.15, 0.2) is 5.16 Å². The SMILES string of the molecule is C=C(CNCC)CSc1nc2ccc(OCC)cc2[nH]1. The van der Waals surface area contributed by atoms with Gasteiger partial charge in [0.25, 0.3) is 0 Å². The second kappa shape index (κ2) is 7.36. The molecule has 0 amide bonds. The molecule has 0 aliphatic carbocycles. The smallest absolute Gasteiger partial charge is 0.166 e. The number of hydrogen-bond donors (Lipinski definition) is 2. The summed E-state index contributed by atoms with van der Waals surface area (Å²) in [7, 11) is 0. The van der Waals surface area contributed by atoms with Gasteiger partial charge < -0.3 is 15.0 Å². The number of likely N-dealkylation sites (N-methyl/N-ethyl adjacent to an activating group) is 1. The van der Waals surface area contributed by atoms with Gasteiger partial charge in [-0.25, -0.2) is 4.98 Å². The van der Waals surface area contributed by atoms with Crippen LogP contribution in [0.3, 0.4) is 0 Å². The molecule has 2 aromatic rings. The van der Waals surface area contributed by atoms with E-state index in [0.29, 0.717) is 6.61 Å². The minimum atomic E-state index is 0.672. The summed E-state index contributed by atoms with van der Waals surface area (Å²) >= 11 is 1.68. The third kappa shape index (κ3) is 4.02. The monoisotopic (exact) mass is 291 g/mol. The van der Waals surface area contributed by atoms with E-state index < -0.39 is 0 Å². The number of imidazole rings is 1. The quantitative estimate of drug-likeness (QED) is 0.579. The molecule has 2 rings (SSSR count). The first-order valence-electron chi connectivity index (χ1n) is 6.85. The molecule has 0 unspecified atom stereocenters. The Balaban J connectivity index is 1.99. The van der Waals surface area contributed by atoms with E-state index in [1.807, 2.05) is 25.1 Å². The Labute approximate surface area is 124 Å². The molecule has 0 saturated heterocycles. The molecule has 0 aliphatic rings.